The van der Waals surface area contributed by atoms with Crippen molar-refractivity contribution in [2.75, 3.05) is 61.6 Å². The van der Waals surface area contributed by atoms with Gasteiger partial charge >= 0.3 is 0 Å². The highest BCUT2D eigenvalue weighted by Gasteiger charge is 2.29. The van der Waals surface area contributed by atoms with Crippen LogP contribution < -0.4 is 15.1 Å². The lowest BCUT2D eigenvalue weighted by Crippen LogP contribution is -2.55. The maximum absolute atomic E-state index is 15.7. The van der Waals surface area contributed by atoms with E-state index in [1.165, 1.54) is 6.07 Å². The highest BCUT2D eigenvalue weighted by molar-refractivity contribution is 6.06. The van der Waals surface area contributed by atoms with E-state index < -0.39 is 0 Å². The fraction of sp³-hybridized carbons (Fsp3) is 0.433. The molecule has 0 unspecified atom stereocenters. The second-order valence-electron chi connectivity index (χ2n) is 10.7. The molecule has 206 valence electrons. The number of morpholine rings is 1. The number of ether oxygens (including phenoxy) is 1. The SMILES string of the molecule is Cc1ccc(C(=O)Nc2cc(-c3cnc(N4CCOCC4)nc3)c(F)cc2N2C[C@@H](C)N(C)[C@@H](C)C2)cc1C. The van der Waals surface area contributed by atoms with Gasteiger partial charge < -0.3 is 19.9 Å². The zero-order valence-corrected chi connectivity index (χ0v) is 23.4. The van der Waals surface area contributed by atoms with Crippen molar-refractivity contribution in [3.63, 3.8) is 0 Å². The quantitative estimate of drug-likeness (QED) is 0.518. The highest BCUT2D eigenvalue weighted by atomic mass is 19.1. The Morgan fingerprint density at radius 2 is 1.64 bits per heavy atom. The Labute approximate surface area is 229 Å². The van der Waals surface area contributed by atoms with E-state index in [0.29, 0.717) is 47.2 Å². The molecule has 9 heteroatoms. The van der Waals surface area contributed by atoms with Gasteiger partial charge in [0.15, 0.2) is 0 Å². The van der Waals surface area contributed by atoms with E-state index in [1.807, 2.05) is 32.0 Å². The number of anilines is 3. The first-order valence-electron chi connectivity index (χ1n) is 13.6. The third kappa shape index (κ3) is 5.74. The number of rotatable bonds is 5. The summed E-state index contributed by atoms with van der Waals surface area (Å²) >= 11 is 0. The molecular formula is C30H37FN6O2. The Balaban J connectivity index is 1.50. The minimum atomic E-state index is -0.379. The lowest BCUT2D eigenvalue weighted by molar-refractivity contribution is 0.102. The summed E-state index contributed by atoms with van der Waals surface area (Å²) in [7, 11) is 2.11. The van der Waals surface area contributed by atoms with Gasteiger partial charge in [0.2, 0.25) is 5.95 Å². The monoisotopic (exact) mass is 532 g/mol. The van der Waals surface area contributed by atoms with Crippen LogP contribution in [0.3, 0.4) is 0 Å². The van der Waals surface area contributed by atoms with Gasteiger partial charge in [-0.3, -0.25) is 9.69 Å². The van der Waals surface area contributed by atoms with Gasteiger partial charge in [-0.2, -0.15) is 0 Å². The number of likely N-dealkylation sites (N-methyl/N-ethyl adjacent to an activating group) is 1. The lowest BCUT2D eigenvalue weighted by Gasteiger charge is -2.44. The predicted octanol–water partition coefficient (Wildman–Crippen LogP) is 4.52. The number of aromatic nitrogens is 2. The van der Waals surface area contributed by atoms with Crippen molar-refractivity contribution in [1.82, 2.24) is 14.9 Å². The van der Waals surface area contributed by atoms with Gasteiger partial charge in [-0.15, -0.1) is 0 Å². The van der Waals surface area contributed by atoms with Crippen molar-refractivity contribution in [1.29, 1.82) is 0 Å². The summed E-state index contributed by atoms with van der Waals surface area (Å²) < 4.78 is 21.1. The normalized spacial score (nSPS) is 20.3. The molecule has 0 saturated carbocycles. The van der Waals surface area contributed by atoms with Gasteiger partial charge in [-0.05, 0) is 70.1 Å². The Morgan fingerprint density at radius 1 is 0.974 bits per heavy atom. The summed E-state index contributed by atoms with van der Waals surface area (Å²) in [6.07, 6.45) is 3.29. The molecule has 0 aliphatic carbocycles. The Hall–Kier alpha value is -3.56. The van der Waals surface area contributed by atoms with Crippen LogP contribution in [-0.4, -0.2) is 79.3 Å². The first kappa shape index (κ1) is 27.0. The standard InChI is InChI=1S/C30H37FN6O2/c1-19-6-7-23(12-20(19)2)29(38)34-27-13-25(24-15-32-30(33-16-24)36-8-10-39-11-9-36)26(31)14-28(27)37-17-21(3)35(5)22(4)18-37/h6-7,12-16,21-22H,8-11,17-18H2,1-5H3,(H,34,38)/t21-,22+. The smallest absolute Gasteiger partial charge is 0.255 e. The van der Waals surface area contributed by atoms with Crippen LogP contribution in [0.1, 0.15) is 35.3 Å². The molecule has 1 aromatic heterocycles. The molecule has 2 atom stereocenters. The topological polar surface area (TPSA) is 73.8 Å². The maximum Gasteiger partial charge on any atom is 0.255 e. The van der Waals surface area contributed by atoms with E-state index in [9.17, 15) is 4.79 Å². The minimum Gasteiger partial charge on any atom is -0.378 e. The van der Waals surface area contributed by atoms with Crippen LogP contribution in [0, 0.1) is 19.7 Å². The fourth-order valence-corrected chi connectivity index (χ4v) is 5.21. The molecule has 1 N–H and O–H groups in total. The number of hydrogen-bond donors (Lipinski definition) is 1. The first-order chi connectivity index (χ1) is 18.7. The summed E-state index contributed by atoms with van der Waals surface area (Å²) in [6.45, 7) is 12.5. The van der Waals surface area contributed by atoms with Crippen molar-refractivity contribution in [3.8, 4) is 11.1 Å². The van der Waals surface area contributed by atoms with E-state index in [1.54, 1.807) is 18.5 Å². The number of carbonyl (C=O) groups excluding carboxylic acids is 1. The predicted molar refractivity (Wildman–Crippen MR) is 153 cm³/mol. The molecule has 0 bridgehead atoms. The molecule has 5 rings (SSSR count). The minimum absolute atomic E-state index is 0.231. The molecule has 2 aliphatic rings. The lowest BCUT2D eigenvalue weighted by atomic mass is 10.0. The van der Waals surface area contributed by atoms with E-state index in [4.69, 9.17) is 4.74 Å². The van der Waals surface area contributed by atoms with Crippen molar-refractivity contribution >= 4 is 23.2 Å². The summed E-state index contributed by atoms with van der Waals surface area (Å²) in [5, 5.41) is 3.09. The van der Waals surface area contributed by atoms with E-state index in [0.717, 1.165) is 37.3 Å². The van der Waals surface area contributed by atoms with Crippen LogP contribution in [0.5, 0.6) is 0 Å². The Kier molecular flexibility index (Phi) is 7.81. The zero-order valence-electron chi connectivity index (χ0n) is 23.4. The van der Waals surface area contributed by atoms with Gasteiger partial charge in [0.25, 0.3) is 5.91 Å². The van der Waals surface area contributed by atoms with Crippen LogP contribution in [-0.2, 0) is 4.74 Å². The third-order valence-corrected chi connectivity index (χ3v) is 8.05. The van der Waals surface area contributed by atoms with Gasteiger partial charge in [0.05, 0.1) is 24.6 Å². The Morgan fingerprint density at radius 3 is 2.28 bits per heavy atom. The summed E-state index contributed by atoms with van der Waals surface area (Å²) in [5.74, 6) is -0.00931. The second kappa shape index (κ2) is 11.3. The first-order valence-corrected chi connectivity index (χ1v) is 13.6. The van der Waals surface area contributed by atoms with Crippen molar-refractivity contribution < 1.29 is 13.9 Å². The number of carbonyl (C=O) groups is 1. The number of amides is 1. The van der Waals surface area contributed by atoms with E-state index in [-0.39, 0.29) is 23.8 Å². The molecule has 0 spiro atoms. The molecule has 2 aromatic carbocycles. The highest BCUT2D eigenvalue weighted by Crippen LogP contribution is 2.36. The second-order valence-corrected chi connectivity index (χ2v) is 10.7. The molecule has 1 amide bonds. The van der Waals surface area contributed by atoms with Crippen LogP contribution >= 0.6 is 0 Å². The van der Waals surface area contributed by atoms with Crippen LogP contribution in [0.2, 0.25) is 0 Å². The number of nitrogens with one attached hydrogen (secondary N) is 1. The van der Waals surface area contributed by atoms with Gasteiger partial charge in [-0.1, -0.05) is 6.07 Å². The average Bonchev–Trinajstić information content (AvgIpc) is 2.94. The maximum atomic E-state index is 15.7. The number of nitrogens with zero attached hydrogens (tertiary/aromatic N) is 5. The number of piperazine rings is 1. The number of benzene rings is 2. The van der Waals surface area contributed by atoms with Crippen LogP contribution in [0.4, 0.5) is 21.7 Å². The molecule has 3 aromatic rings. The molecule has 2 fully saturated rings. The zero-order chi connectivity index (χ0) is 27.7. The number of hydrogen-bond acceptors (Lipinski definition) is 7. The fourth-order valence-electron chi connectivity index (χ4n) is 5.21. The van der Waals surface area contributed by atoms with E-state index in [2.05, 4.69) is 50.9 Å². The van der Waals surface area contributed by atoms with E-state index >= 15 is 4.39 Å². The summed E-state index contributed by atoms with van der Waals surface area (Å²) in [4.78, 5) is 28.9. The average molecular weight is 533 g/mol. The van der Waals surface area contributed by atoms with Crippen molar-refractivity contribution in [2.24, 2.45) is 0 Å². The third-order valence-electron chi connectivity index (χ3n) is 8.05. The Bertz CT molecular complexity index is 1330. The van der Waals surface area contributed by atoms with Gasteiger partial charge in [-0.25, -0.2) is 14.4 Å². The summed E-state index contributed by atoms with van der Waals surface area (Å²) in [6, 6.07) is 9.45. The molecule has 2 aliphatic heterocycles. The molecule has 8 nitrogen and oxygen atoms in total. The number of halogens is 1. The largest absolute Gasteiger partial charge is 0.378 e. The van der Waals surface area contributed by atoms with Gasteiger partial charge in [0, 0.05) is 67.3 Å². The summed E-state index contributed by atoms with van der Waals surface area (Å²) in [5.41, 5.74) is 4.87. The van der Waals surface area contributed by atoms with Crippen LogP contribution in [0.25, 0.3) is 11.1 Å². The van der Waals surface area contributed by atoms with Gasteiger partial charge in [0.1, 0.15) is 5.82 Å². The van der Waals surface area contributed by atoms with Crippen LogP contribution in [0.15, 0.2) is 42.7 Å². The number of aryl methyl sites for hydroxylation is 2. The molecule has 39 heavy (non-hydrogen) atoms. The molecule has 0 radical (unpaired) electrons. The molecule has 3 heterocycles. The molecule has 2 saturated heterocycles. The van der Waals surface area contributed by atoms with Crippen molar-refractivity contribution in [2.45, 2.75) is 39.8 Å². The van der Waals surface area contributed by atoms with Crippen molar-refractivity contribution in [3.05, 3.63) is 65.2 Å². The molecular weight excluding hydrogens is 495 g/mol.